The molecule has 21 heavy (non-hydrogen) atoms. The fourth-order valence-electron chi connectivity index (χ4n) is 2.83. The summed E-state index contributed by atoms with van der Waals surface area (Å²) in [5.41, 5.74) is 1.08. The van der Waals surface area contributed by atoms with E-state index in [0.29, 0.717) is 6.04 Å². The van der Waals surface area contributed by atoms with Crippen molar-refractivity contribution in [1.29, 1.82) is 0 Å². The molecule has 2 rings (SSSR count). The zero-order valence-corrected chi connectivity index (χ0v) is 14.1. The van der Waals surface area contributed by atoms with Crippen LogP contribution in [0.5, 0.6) is 0 Å². The average Bonchev–Trinajstić information content (AvgIpc) is 3.05. The zero-order valence-electron chi connectivity index (χ0n) is 14.1. The molecule has 0 saturated carbocycles. The molecule has 1 aliphatic heterocycles. The van der Waals surface area contributed by atoms with Crippen LogP contribution in [-0.2, 0) is 6.54 Å². The smallest absolute Gasteiger partial charge is 0.297 e. The highest BCUT2D eigenvalue weighted by atomic mass is 16.4. The summed E-state index contributed by atoms with van der Waals surface area (Å²) < 4.78 is 5.67. The number of aromatic nitrogens is 1. The van der Waals surface area contributed by atoms with Crippen LogP contribution >= 0.6 is 0 Å². The molecule has 0 aromatic carbocycles. The number of hydrogen-bond donors (Lipinski definition) is 1. The monoisotopic (exact) mass is 294 g/mol. The van der Waals surface area contributed by atoms with Crippen LogP contribution in [-0.4, -0.2) is 47.6 Å². The lowest BCUT2D eigenvalue weighted by Gasteiger charge is -2.25. The van der Waals surface area contributed by atoms with E-state index in [1.165, 1.54) is 6.42 Å². The molecule has 1 N–H and O–H groups in total. The second kappa shape index (κ2) is 6.79. The van der Waals surface area contributed by atoms with Gasteiger partial charge in [-0.15, -0.1) is 0 Å². The number of nitrogens with zero attached hydrogens (tertiary/aromatic N) is 3. The predicted molar refractivity (Wildman–Crippen MR) is 86.6 cm³/mol. The highest BCUT2D eigenvalue weighted by Gasteiger charge is 2.28. The molecule has 5 heteroatoms. The normalized spacial score (nSPS) is 19.7. The van der Waals surface area contributed by atoms with Crippen LogP contribution in [0.4, 0.5) is 6.01 Å². The molecule has 0 spiro atoms. The highest BCUT2D eigenvalue weighted by Crippen LogP contribution is 2.22. The van der Waals surface area contributed by atoms with Gasteiger partial charge in [-0.05, 0) is 40.3 Å². The van der Waals surface area contributed by atoms with Crippen molar-refractivity contribution in [1.82, 2.24) is 15.2 Å². The topological polar surface area (TPSA) is 44.5 Å². The van der Waals surface area contributed by atoms with Gasteiger partial charge in [0.2, 0.25) is 0 Å². The summed E-state index contributed by atoms with van der Waals surface area (Å²) in [4.78, 5) is 9.41. The molecule has 2 heterocycles. The SMILES string of the molecule is CCN(CC)C1CCN(c2nc(CNC(C)(C)C)co2)C1. The van der Waals surface area contributed by atoms with Gasteiger partial charge in [-0.3, -0.25) is 4.90 Å². The molecule has 1 atom stereocenters. The first-order valence-electron chi connectivity index (χ1n) is 8.11. The molecule has 5 nitrogen and oxygen atoms in total. The van der Waals surface area contributed by atoms with Gasteiger partial charge >= 0.3 is 0 Å². The average molecular weight is 294 g/mol. The Morgan fingerprint density at radius 3 is 2.71 bits per heavy atom. The number of nitrogens with one attached hydrogen (secondary N) is 1. The lowest BCUT2D eigenvalue weighted by atomic mass is 10.1. The van der Waals surface area contributed by atoms with E-state index in [1.54, 1.807) is 6.26 Å². The summed E-state index contributed by atoms with van der Waals surface area (Å²) in [7, 11) is 0. The minimum absolute atomic E-state index is 0.0978. The molecule has 120 valence electrons. The molecule has 0 radical (unpaired) electrons. The van der Waals surface area contributed by atoms with E-state index >= 15 is 0 Å². The Hall–Kier alpha value is -1.07. The molecule has 0 amide bonds. The van der Waals surface area contributed by atoms with Gasteiger partial charge in [0, 0.05) is 31.2 Å². The number of oxazole rings is 1. The molecule has 0 aliphatic carbocycles. The van der Waals surface area contributed by atoms with E-state index in [1.807, 2.05) is 0 Å². The summed E-state index contributed by atoms with van der Waals surface area (Å²) in [6, 6.07) is 1.40. The van der Waals surface area contributed by atoms with Crippen LogP contribution in [0.25, 0.3) is 0 Å². The molecule has 1 saturated heterocycles. The lowest BCUT2D eigenvalue weighted by molar-refractivity contribution is 0.232. The van der Waals surface area contributed by atoms with E-state index in [0.717, 1.165) is 44.4 Å². The van der Waals surface area contributed by atoms with Crippen LogP contribution in [0.2, 0.25) is 0 Å². The summed E-state index contributed by atoms with van der Waals surface area (Å²) in [6.07, 6.45) is 2.97. The molecule has 1 fully saturated rings. The first-order chi connectivity index (χ1) is 9.93. The van der Waals surface area contributed by atoms with E-state index < -0.39 is 0 Å². The Balaban J connectivity index is 1.90. The van der Waals surface area contributed by atoms with E-state index in [2.05, 4.69) is 54.7 Å². The standard InChI is InChI=1S/C16H30N4O/c1-6-19(7-2)14-8-9-20(11-14)15-18-13(12-21-15)10-17-16(3,4)5/h12,14,17H,6-11H2,1-5H3. The van der Waals surface area contributed by atoms with Gasteiger partial charge in [0.15, 0.2) is 0 Å². The summed E-state index contributed by atoms with van der Waals surface area (Å²) in [5.74, 6) is 0. The van der Waals surface area contributed by atoms with E-state index in [4.69, 9.17) is 4.42 Å². The fraction of sp³-hybridized carbons (Fsp3) is 0.812. The Morgan fingerprint density at radius 2 is 2.10 bits per heavy atom. The predicted octanol–water partition coefficient (Wildman–Crippen LogP) is 2.48. The first-order valence-corrected chi connectivity index (χ1v) is 8.11. The van der Waals surface area contributed by atoms with E-state index in [9.17, 15) is 0 Å². The minimum atomic E-state index is 0.0978. The third-order valence-corrected chi connectivity index (χ3v) is 4.10. The highest BCUT2D eigenvalue weighted by molar-refractivity contribution is 5.29. The van der Waals surface area contributed by atoms with Gasteiger partial charge in [0.25, 0.3) is 6.01 Å². The Labute approximate surface area is 128 Å². The fourth-order valence-corrected chi connectivity index (χ4v) is 2.83. The van der Waals surface area contributed by atoms with Crippen molar-refractivity contribution in [2.75, 3.05) is 31.1 Å². The number of hydrogen-bond acceptors (Lipinski definition) is 5. The third-order valence-electron chi connectivity index (χ3n) is 4.10. The minimum Gasteiger partial charge on any atom is -0.432 e. The Kier molecular flexibility index (Phi) is 5.27. The molecule has 0 bridgehead atoms. The first kappa shape index (κ1) is 16.3. The zero-order chi connectivity index (χ0) is 15.5. The molecule has 1 aromatic heterocycles. The molecule has 1 aliphatic rings. The van der Waals surface area contributed by atoms with Gasteiger partial charge in [-0.1, -0.05) is 13.8 Å². The van der Waals surface area contributed by atoms with E-state index in [-0.39, 0.29) is 5.54 Å². The van der Waals surface area contributed by atoms with Crippen molar-refractivity contribution >= 4 is 6.01 Å². The van der Waals surface area contributed by atoms with Crippen molar-refractivity contribution in [3.8, 4) is 0 Å². The summed E-state index contributed by atoms with van der Waals surface area (Å²) in [5, 5.41) is 3.44. The molecule has 1 aromatic rings. The van der Waals surface area contributed by atoms with Gasteiger partial charge in [-0.25, -0.2) is 0 Å². The van der Waals surface area contributed by atoms with Crippen molar-refractivity contribution in [2.45, 2.75) is 59.2 Å². The van der Waals surface area contributed by atoms with Crippen molar-refractivity contribution in [2.24, 2.45) is 0 Å². The van der Waals surface area contributed by atoms with Crippen molar-refractivity contribution in [3.05, 3.63) is 12.0 Å². The van der Waals surface area contributed by atoms with Gasteiger partial charge < -0.3 is 14.6 Å². The van der Waals surface area contributed by atoms with Crippen LogP contribution < -0.4 is 10.2 Å². The maximum absolute atomic E-state index is 5.67. The third kappa shape index (κ3) is 4.45. The largest absolute Gasteiger partial charge is 0.432 e. The Bertz CT molecular complexity index is 434. The quantitative estimate of drug-likeness (QED) is 0.873. The number of likely N-dealkylation sites (N-methyl/N-ethyl adjacent to an activating group) is 1. The lowest BCUT2D eigenvalue weighted by Crippen LogP contribution is -2.37. The molecule has 1 unspecified atom stereocenters. The van der Waals surface area contributed by atoms with Crippen molar-refractivity contribution in [3.63, 3.8) is 0 Å². The maximum Gasteiger partial charge on any atom is 0.297 e. The van der Waals surface area contributed by atoms with Gasteiger partial charge in [0.1, 0.15) is 6.26 Å². The van der Waals surface area contributed by atoms with Crippen LogP contribution in [0.1, 0.15) is 46.7 Å². The number of anilines is 1. The van der Waals surface area contributed by atoms with Crippen molar-refractivity contribution < 1.29 is 4.42 Å². The second-order valence-corrected chi connectivity index (χ2v) is 6.83. The summed E-state index contributed by atoms with van der Waals surface area (Å²) >= 11 is 0. The van der Waals surface area contributed by atoms with Gasteiger partial charge in [-0.2, -0.15) is 4.98 Å². The van der Waals surface area contributed by atoms with Crippen LogP contribution in [0, 0.1) is 0 Å². The second-order valence-electron chi connectivity index (χ2n) is 6.83. The van der Waals surface area contributed by atoms with Crippen LogP contribution in [0.3, 0.4) is 0 Å². The number of rotatable bonds is 6. The van der Waals surface area contributed by atoms with Gasteiger partial charge in [0.05, 0.1) is 5.69 Å². The Morgan fingerprint density at radius 1 is 1.38 bits per heavy atom. The van der Waals surface area contributed by atoms with Crippen LogP contribution in [0.15, 0.2) is 10.7 Å². The summed E-state index contributed by atoms with van der Waals surface area (Å²) in [6.45, 7) is 16.0. The molecular weight excluding hydrogens is 264 g/mol. The molecular formula is C16H30N4O. The maximum atomic E-state index is 5.67.